The van der Waals surface area contributed by atoms with Crippen molar-refractivity contribution >= 4 is 46.6 Å². The lowest BCUT2D eigenvalue weighted by Gasteiger charge is -2.15. The highest BCUT2D eigenvalue weighted by atomic mass is 32.2. The van der Waals surface area contributed by atoms with Crippen LogP contribution in [0.2, 0.25) is 0 Å². The first-order chi connectivity index (χ1) is 7.43. The molecule has 2 atom stereocenters. The van der Waals surface area contributed by atoms with E-state index in [0.29, 0.717) is 0 Å². The van der Waals surface area contributed by atoms with E-state index in [4.69, 9.17) is 0 Å². The third kappa shape index (κ3) is 2.38. The van der Waals surface area contributed by atoms with E-state index in [2.05, 4.69) is 52.8 Å². The number of rotatable bonds is 2. The second-order valence-corrected chi connectivity index (χ2v) is 8.96. The molecule has 0 amide bonds. The molecule has 0 nitrogen and oxygen atoms in total. The van der Waals surface area contributed by atoms with Gasteiger partial charge < -0.3 is 0 Å². The summed E-state index contributed by atoms with van der Waals surface area (Å²) < 4.78 is 0.905. The Morgan fingerprint density at radius 2 is 2.00 bits per heavy atom. The Kier molecular flexibility index (Phi) is 3.58. The van der Waals surface area contributed by atoms with E-state index < -0.39 is 0 Å². The van der Waals surface area contributed by atoms with Gasteiger partial charge in [-0.2, -0.15) is 11.8 Å². The fraction of sp³-hybridized carbons (Fsp3) is 0.636. The van der Waals surface area contributed by atoms with Crippen LogP contribution in [0.5, 0.6) is 0 Å². The molecule has 2 saturated heterocycles. The third-order valence-corrected chi connectivity index (χ3v) is 8.91. The van der Waals surface area contributed by atoms with Crippen molar-refractivity contribution in [2.24, 2.45) is 5.92 Å². The van der Waals surface area contributed by atoms with E-state index >= 15 is 0 Å². The van der Waals surface area contributed by atoms with E-state index in [1.807, 2.05) is 11.3 Å². The normalized spacial score (nSPS) is 32.5. The zero-order valence-electron chi connectivity index (χ0n) is 8.43. The van der Waals surface area contributed by atoms with Gasteiger partial charge in [0.1, 0.15) is 0 Å². The molecule has 0 N–H and O–H groups in total. The maximum atomic E-state index is 2.31. The van der Waals surface area contributed by atoms with Gasteiger partial charge in [-0.05, 0) is 29.5 Å². The lowest BCUT2D eigenvalue weighted by Crippen LogP contribution is -2.10. The molecule has 2 aliphatic rings. The molecular formula is C11H14S4. The van der Waals surface area contributed by atoms with Gasteiger partial charge in [0.15, 0.2) is 0 Å². The Morgan fingerprint density at radius 1 is 1.13 bits per heavy atom. The van der Waals surface area contributed by atoms with Crippen LogP contribution >= 0.6 is 46.6 Å². The van der Waals surface area contributed by atoms with Crippen LogP contribution in [0.25, 0.3) is 0 Å². The number of hydrogen-bond donors (Lipinski definition) is 0. The van der Waals surface area contributed by atoms with Gasteiger partial charge in [-0.1, -0.05) is 6.07 Å². The Balaban J connectivity index is 1.63. The lowest BCUT2D eigenvalue weighted by molar-refractivity contribution is 0.616. The Hall–Kier alpha value is 0.750. The van der Waals surface area contributed by atoms with E-state index in [9.17, 15) is 0 Å². The highest BCUT2D eigenvalue weighted by molar-refractivity contribution is 8.20. The molecule has 0 radical (unpaired) electrons. The van der Waals surface area contributed by atoms with Crippen LogP contribution in [0.15, 0.2) is 17.5 Å². The average molecular weight is 275 g/mol. The zero-order valence-corrected chi connectivity index (χ0v) is 11.7. The van der Waals surface area contributed by atoms with Crippen LogP contribution in [0, 0.1) is 5.92 Å². The summed E-state index contributed by atoms with van der Waals surface area (Å²) in [5, 5.41) is 3.01. The summed E-state index contributed by atoms with van der Waals surface area (Å²) in [4.78, 5) is 1.59. The van der Waals surface area contributed by atoms with Crippen molar-refractivity contribution in [2.75, 3.05) is 17.3 Å². The maximum Gasteiger partial charge on any atom is 0.0539 e. The molecule has 3 heterocycles. The van der Waals surface area contributed by atoms with Crippen LogP contribution in [0.1, 0.15) is 16.5 Å². The quantitative estimate of drug-likeness (QED) is 0.787. The van der Waals surface area contributed by atoms with Crippen molar-refractivity contribution in [1.82, 2.24) is 0 Å². The topological polar surface area (TPSA) is 0 Å². The monoisotopic (exact) mass is 274 g/mol. The summed E-state index contributed by atoms with van der Waals surface area (Å²) >= 11 is 8.49. The van der Waals surface area contributed by atoms with Gasteiger partial charge in [0.25, 0.3) is 0 Å². The van der Waals surface area contributed by atoms with Crippen LogP contribution < -0.4 is 0 Å². The van der Waals surface area contributed by atoms with Gasteiger partial charge in [-0.25, -0.2) is 0 Å². The van der Waals surface area contributed by atoms with Gasteiger partial charge in [-0.15, -0.1) is 34.9 Å². The largest absolute Gasteiger partial charge is 0.153 e. The predicted molar refractivity (Wildman–Crippen MR) is 76.3 cm³/mol. The average Bonchev–Trinajstić information content (AvgIpc) is 3.02. The summed E-state index contributed by atoms with van der Waals surface area (Å²) in [6.45, 7) is 0. The molecule has 1 aromatic rings. The molecule has 0 bridgehead atoms. The second kappa shape index (κ2) is 4.94. The van der Waals surface area contributed by atoms with Crippen molar-refractivity contribution in [1.29, 1.82) is 0 Å². The van der Waals surface area contributed by atoms with Gasteiger partial charge in [-0.3, -0.25) is 0 Å². The van der Waals surface area contributed by atoms with Crippen molar-refractivity contribution in [3.05, 3.63) is 22.4 Å². The van der Waals surface area contributed by atoms with E-state index in [0.717, 1.165) is 15.7 Å². The molecule has 1 aromatic heterocycles. The molecule has 2 fully saturated rings. The van der Waals surface area contributed by atoms with Crippen LogP contribution in [-0.4, -0.2) is 21.8 Å². The first kappa shape index (κ1) is 10.9. The minimum atomic E-state index is 0.803. The predicted octanol–water partition coefficient (Wildman–Crippen LogP) is 4.35. The molecule has 0 saturated carbocycles. The molecule has 4 heteroatoms. The smallest absolute Gasteiger partial charge is 0.0539 e. The zero-order chi connectivity index (χ0) is 10.1. The van der Waals surface area contributed by atoms with Crippen molar-refractivity contribution < 1.29 is 0 Å². The van der Waals surface area contributed by atoms with E-state index in [-0.39, 0.29) is 0 Å². The van der Waals surface area contributed by atoms with Crippen LogP contribution in [0.3, 0.4) is 0 Å². The molecular weight excluding hydrogens is 260 g/mol. The van der Waals surface area contributed by atoms with E-state index in [1.165, 1.54) is 23.7 Å². The summed E-state index contributed by atoms with van der Waals surface area (Å²) in [5.41, 5.74) is 0. The molecule has 15 heavy (non-hydrogen) atoms. The first-order valence-electron chi connectivity index (χ1n) is 5.32. The van der Waals surface area contributed by atoms with E-state index in [1.54, 1.807) is 4.88 Å². The first-order valence-corrected chi connectivity index (χ1v) is 9.34. The standard InChI is InChI=1S/C11H14S4/c1-2-9(12-3-1)10-6-8(7-15-10)11-13-4-5-14-11/h1-3,8,10-11H,4-7H2. The Morgan fingerprint density at radius 3 is 2.73 bits per heavy atom. The molecule has 3 rings (SSSR count). The molecule has 0 aromatic carbocycles. The SMILES string of the molecule is c1csc(C2CC(C3SCCS3)CS2)c1. The number of thioether (sulfide) groups is 3. The summed E-state index contributed by atoms with van der Waals surface area (Å²) in [7, 11) is 0. The minimum Gasteiger partial charge on any atom is -0.153 e. The maximum absolute atomic E-state index is 2.31. The van der Waals surface area contributed by atoms with Crippen molar-refractivity contribution in [3.8, 4) is 0 Å². The number of thiophene rings is 1. The van der Waals surface area contributed by atoms with Gasteiger partial charge in [0, 0.05) is 21.6 Å². The van der Waals surface area contributed by atoms with Crippen molar-refractivity contribution in [3.63, 3.8) is 0 Å². The second-order valence-electron chi connectivity index (χ2n) is 3.94. The third-order valence-electron chi connectivity index (χ3n) is 2.92. The molecule has 2 aliphatic heterocycles. The lowest BCUT2D eigenvalue weighted by atomic mass is 10.1. The van der Waals surface area contributed by atoms with Crippen molar-refractivity contribution in [2.45, 2.75) is 16.3 Å². The molecule has 0 spiro atoms. The fourth-order valence-corrected chi connectivity index (χ4v) is 8.09. The minimum absolute atomic E-state index is 0.803. The van der Waals surface area contributed by atoms with Crippen LogP contribution in [0.4, 0.5) is 0 Å². The summed E-state index contributed by atoms with van der Waals surface area (Å²) in [5.74, 6) is 5.09. The molecule has 0 aliphatic carbocycles. The highest BCUT2D eigenvalue weighted by Gasteiger charge is 2.34. The summed E-state index contributed by atoms with van der Waals surface area (Å²) in [6.07, 6.45) is 1.41. The molecule has 2 unspecified atom stereocenters. The van der Waals surface area contributed by atoms with Crippen LogP contribution in [-0.2, 0) is 0 Å². The highest BCUT2D eigenvalue weighted by Crippen LogP contribution is 2.51. The molecule has 82 valence electrons. The Bertz CT molecular complexity index is 302. The summed E-state index contributed by atoms with van der Waals surface area (Å²) in [6, 6.07) is 4.49. The van der Waals surface area contributed by atoms with Gasteiger partial charge in [0.05, 0.1) is 4.58 Å². The Labute approximate surface area is 108 Å². The van der Waals surface area contributed by atoms with Gasteiger partial charge in [0.2, 0.25) is 0 Å². The number of hydrogen-bond acceptors (Lipinski definition) is 4. The fourth-order valence-electron chi connectivity index (χ4n) is 2.16. The van der Waals surface area contributed by atoms with Gasteiger partial charge >= 0.3 is 0 Å².